The lowest BCUT2D eigenvalue weighted by Gasteiger charge is -2.19. The summed E-state index contributed by atoms with van der Waals surface area (Å²) in [5.41, 5.74) is 4.24. The lowest BCUT2D eigenvalue weighted by Crippen LogP contribution is -2.30. The number of hydrogen-bond acceptors (Lipinski definition) is 3. The fourth-order valence-corrected chi connectivity index (χ4v) is 2.84. The number of ether oxygens (including phenoxy) is 1. The van der Waals surface area contributed by atoms with Crippen molar-refractivity contribution in [2.75, 3.05) is 7.11 Å². The molecule has 0 saturated heterocycles. The monoisotopic (exact) mass is 372 g/mol. The molecule has 2 aromatic carbocycles. The number of benzene rings is 2. The van der Waals surface area contributed by atoms with Crippen LogP contribution in [0.5, 0.6) is 5.75 Å². The maximum atomic E-state index is 13.6. The Morgan fingerprint density at radius 1 is 1.38 bits per heavy atom. The summed E-state index contributed by atoms with van der Waals surface area (Å²) in [6.45, 7) is 0. The van der Waals surface area contributed by atoms with Crippen LogP contribution < -0.4 is 16.0 Å². The molecular formula is C15H15BrClFN2O. The average Bonchev–Trinajstić information content (AvgIpc) is 2.48. The minimum atomic E-state index is -0.462. The van der Waals surface area contributed by atoms with E-state index >= 15 is 0 Å². The van der Waals surface area contributed by atoms with E-state index < -0.39 is 5.82 Å². The molecule has 0 fully saturated rings. The van der Waals surface area contributed by atoms with Gasteiger partial charge in [0.25, 0.3) is 0 Å². The minimum Gasteiger partial charge on any atom is -0.496 e. The lowest BCUT2D eigenvalue weighted by molar-refractivity contribution is 0.405. The van der Waals surface area contributed by atoms with Crippen LogP contribution >= 0.6 is 27.5 Å². The minimum absolute atomic E-state index is 0.0782. The first-order valence-corrected chi connectivity index (χ1v) is 7.46. The van der Waals surface area contributed by atoms with Gasteiger partial charge in [-0.1, -0.05) is 39.7 Å². The third-order valence-electron chi connectivity index (χ3n) is 3.22. The van der Waals surface area contributed by atoms with Crippen molar-refractivity contribution in [2.45, 2.75) is 12.5 Å². The molecule has 0 saturated carbocycles. The Bertz CT molecular complexity index is 639. The zero-order valence-electron chi connectivity index (χ0n) is 11.4. The Hall–Kier alpha value is -1.14. The Labute approximate surface area is 136 Å². The molecule has 0 aliphatic carbocycles. The van der Waals surface area contributed by atoms with Crippen LogP contribution in [0.15, 0.2) is 40.9 Å². The number of methoxy groups -OCH3 is 1. The fourth-order valence-electron chi connectivity index (χ4n) is 2.17. The van der Waals surface area contributed by atoms with Crippen molar-refractivity contribution in [1.29, 1.82) is 0 Å². The van der Waals surface area contributed by atoms with Gasteiger partial charge in [-0.3, -0.25) is 11.3 Å². The zero-order chi connectivity index (χ0) is 15.4. The van der Waals surface area contributed by atoms with E-state index in [0.717, 1.165) is 15.8 Å². The maximum Gasteiger partial charge on any atom is 0.142 e. The van der Waals surface area contributed by atoms with E-state index in [2.05, 4.69) is 21.4 Å². The molecule has 0 amide bonds. The van der Waals surface area contributed by atoms with Gasteiger partial charge in [0.2, 0.25) is 0 Å². The Balaban J connectivity index is 2.35. The Kier molecular flexibility index (Phi) is 5.58. The van der Waals surface area contributed by atoms with Crippen LogP contribution in [0.3, 0.4) is 0 Å². The van der Waals surface area contributed by atoms with Gasteiger partial charge in [-0.15, -0.1) is 0 Å². The van der Waals surface area contributed by atoms with Gasteiger partial charge in [0.05, 0.1) is 18.2 Å². The van der Waals surface area contributed by atoms with Gasteiger partial charge in [0.15, 0.2) is 0 Å². The van der Waals surface area contributed by atoms with Gasteiger partial charge in [0.1, 0.15) is 11.6 Å². The molecule has 0 bridgehead atoms. The van der Waals surface area contributed by atoms with Crippen molar-refractivity contribution in [3.8, 4) is 5.75 Å². The molecule has 0 aliphatic rings. The molecular weight excluding hydrogens is 359 g/mol. The van der Waals surface area contributed by atoms with E-state index in [-0.39, 0.29) is 11.1 Å². The average molecular weight is 374 g/mol. The van der Waals surface area contributed by atoms with Gasteiger partial charge in [-0.2, -0.15) is 0 Å². The fraction of sp³-hybridized carbons (Fsp3) is 0.200. The summed E-state index contributed by atoms with van der Waals surface area (Å²) in [6.07, 6.45) is 0.516. The first-order valence-electron chi connectivity index (χ1n) is 6.29. The maximum absolute atomic E-state index is 13.6. The first kappa shape index (κ1) is 16.2. The third-order valence-corrected chi connectivity index (χ3v) is 4.12. The smallest absolute Gasteiger partial charge is 0.142 e. The van der Waals surface area contributed by atoms with Gasteiger partial charge >= 0.3 is 0 Å². The third kappa shape index (κ3) is 3.74. The van der Waals surface area contributed by atoms with E-state index in [4.69, 9.17) is 22.2 Å². The van der Waals surface area contributed by atoms with Crippen LogP contribution in [0.1, 0.15) is 17.2 Å². The van der Waals surface area contributed by atoms with Crippen molar-refractivity contribution in [3.63, 3.8) is 0 Å². The standard InChI is InChI=1S/C15H15BrClFN2O/c1-21-14-6-5-10(16)7-9(14)8-13(20-19)11-3-2-4-12(18)15(11)17/h2-7,13,20H,8,19H2,1H3. The summed E-state index contributed by atoms with van der Waals surface area (Å²) in [5.74, 6) is 5.90. The van der Waals surface area contributed by atoms with Crippen LogP contribution in [0.4, 0.5) is 4.39 Å². The number of hydrogen-bond donors (Lipinski definition) is 2. The summed E-state index contributed by atoms with van der Waals surface area (Å²) >= 11 is 9.45. The summed E-state index contributed by atoms with van der Waals surface area (Å²) in [4.78, 5) is 0. The highest BCUT2D eigenvalue weighted by Gasteiger charge is 2.18. The van der Waals surface area contributed by atoms with Crippen molar-refractivity contribution in [1.82, 2.24) is 5.43 Å². The summed E-state index contributed by atoms with van der Waals surface area (Å²) in [5, 5.41) is 0.0782. The van der Waals surface area contributed by atoms with Crippen molar-refractivity contribution < 1.29 is 9.13 Å². The highest BCUT2D eigenvalue weighted by molar-refractivity contribution is 9.10. The van der Waals surface area contributed by atoms with Gasteiger partial charge in [0, 0.05) is 4.47 Å². The molecule has 0 aromatic heterocycles. The molecule has 0 radical (unpaired) electrons. The predicted molar refractivity (Wildman–Crippen MR) is 85.9 cm³/mol. The number of hydrazine groups is 1. The van der Waals surface area contributed by atoms with Crippen molar-refractivity contribution >= 4 is 27.5 Å². The van der Waals surface area contributed by atoms with E-state index in [1.54, 1.807) is 19.2 Å². The Morgan fingerprint density at radius 2 is 2.14 bits per heavy atom. The van der Waals surface area contributed by atoms with E-state index in [1.165, 1.54) is 6.07 Å². The summed E-state index contributed by atoms with van der Waals surface area (Å²) in [7, 11) is 1.60. The molecule has 1 unspecified atom stereocenters. The van der Waals surface area contributed by atoms with Crippen LogP contribution in [-0.4, -0.2) is 7.11 Å². The Morgan fingerprint density at radius 3 is 2.81 bits per heavy atom. The molecule has 6 heteroatoms. The number of rotatable bonds is 5. The number of nitrogens with one attached hydrogen (secondary N) is 1. The number of nitrogens with two attached hydrogens (primary N) is 1. The highest BCUT2D eigenvalue weighted by atomic mass is 79.9. The van der Waals surface area contributed by atoms with Crippen LogP contribution in [0.25, 0.3) is 0 Å². The van der Waals surface area contributed by atoms with Crippen LogP contribution in [0, 0.1) is 5.82 Å². The first-order chi connectivity index (χ1) is 10.1. The second-order valence-corrected chi connectivity index (χ2v) is 5.82. The molecule has 2 aromatic rings. The topological polar surface area (TPSA) is 47.3 Å². The van der Waals surface area contributed by atoms with Crippen molar-refractivity contribution in [3.05, 3.63) is 62.8 Å². The van der Waals surface area contributed by atoms with Crippen LogP contribution in [0.2, 0.25) is 5.02 Å². The number of halogens is 3. The second kappa shape index (κ2) is 7.22. The van der Waals surface area contributed by atoms with Gasteiger partial charge in [-0.05, 0) is 41.8 Å². The van der Waals surface area contributed by atoms with E-state index in [0.29, 0.717) is 12.0 Å². The second-order valence-electron chi connectivity index (χ2n) is 4.52. The normalized spacial score (nSPS) is 12.2. The lowest BCUT2D eigenvalue weighted by atomic mass is 9.98. The molecule has 21 heavy (non-hydrogen) atoms. The molecule has 0 heterocycles. The molecule has 1 atom stereocenters. The highest BCUT2D eigenvalue weighted by Crippen LogP contribution is 2.31. The van der Waals surface area contributed by atoms with Crippen LogP contribution in [-0.2, 0) is 6.42 Å². The van der Waals surface area contributed by atoms with E-state index in [1.807, 2.05) is 18.2 Å². The van der Waals surface area contributed by atoms with Crippen molar-refractivity contribution in [2.24, 2.45) is 5.84 Å². The predicted octanol–water partition coefficient (Wildman–Crippen LogP) is 4.00. The molecule has 3 nitrogen and oxygen atoms in total. The summed E-state index contributed by atoms with van der Waals surface area (Å²) < 4.78 is 19.9. The molecule has 112 valence electrons. The quantitative estimate of drug-likeness (QED) is 0.615. The summed E-state index contributed by atoms with van der Waals surface area (Å²) in [6, 6.07) is 10.0. The zero-order valence-corrected chi connectivity index (χ0v) is 13.7. The molecule has 0 aliphatic heterocycles. The van der Waals surface area contributed by atoms with Gasteiger partial charge < -0.3 is 4.74 Å². The van der Waals surface area contributed by atoms with Gasteiger partial charge in [-0.25, -0.2) is 4.39 Å². The molecule has 0 spiro atoms. The SMILES string of the molecule is COc1ccc(Br)cc1CC(NN)c1cccc(F)c1Cl. The largest absolute Gasteiger partial charge is 0.496 e. The molecule has 2 rings (SSSR count). The van der Waals surface area contributed by atoms with E-state index in [9.17, 15) is 4.39 Å². The molecule has 3 N–H and O–H groups in total.